The minimum atomic E-state index is -1.03. The summed E-state index contributed by atoms with van der Waals surface area (Å²) < 4.78 is 5.59. The summed E-state index contributed by atoms with van der Waals surface area (Å²) in [6, 6.07) is 7.69. The summed E-state index contributed by atoms with van der Waals surface area (Å²) in [6.07, 6.45) is 2.57. The van der Waals surface area contributed by atoms with E-state index in [1.165, 1.54) is 29.8 Å². The largest absolute Gasteiger partial charge is 0.507 e. The lowest BCUT2D eigenvalue weighted by Crippen LogP contribution is -2.25. The molecule has 1 heterocycles. The number of anilines is 1. The number of pyridine rings is 1. The molecule has 2 N–H and O–H groups in total. The fourth-order valence-electron chi connectivity index (χ4n) is 2.29. The number of methoxy groups -OCH3 is 1. The fraction of sp³-hybridized carbons (Fsp3) is 0.158. The predicted molar refractivity (Wildman–Crippen MR) is 98.5 cm³/mol. The van der Waals surface area contributed by atoms with Crippen molar-refractivity contribution >= 4 is 29.4 Å². The molecule has 0 aliphatic heterocycles. The first kappa shape index (κ1) is 19.6. The van der Waals surface area contributed by atoms with Crippen LogP contribution in [0.3, 0.4) is 0 Å². The number of nitrogens with zero attached hydrogens (tertiary/aromatic N) is 1. The zero-order valence-corrected chi connectivity index (χ0v) is 15.0. The summed E-state index contributed by atoms with van der Waals surface area (Å²) in [5, 5.41) is 12.3. The van der Waals surface area contributed by atoms with Crippen molar-refractivity contribution in [3.63, 3.8) is 0 Å². The van der Waals surface area contributed by atoms with Gasteiger partial charge in [0.15, 0.2) is 5.78 Å². The summed E-state index contributed by atoms with van der Waals surface area (Å²) in [5.41, 5.74) is 0.464. The summed E-state index contributed by atoms with van der Waals surface area (Å²) >= 11 is 0. The van der Waals surface area contributed by atoms with Gasteiger partial charge in [-0.05, 0) is 30.7 Å². The standard InChI is InChI=1S/C19H18N2O6/c1-11-9-15(23)16(18(25)21(11)2)14(22)8-7-12-5-4-6-13(10-12)20-17(24)19(26)27-3/h4-10,23H,1-3H3,(H,20,24). The van der Waals surface area contributed by atoms with Crippen LogP contribution in [0.15, 0.2) is 41.2 Å². The topological polar surface area (TPSA) is 115 Å². The second-order valence-electron chi connectivity index (χ2n) is 5.68. The van der Waals surface area contributed by atoms with Gasteiger partial charge in [-0.1, -0.05) is 18.2 Å². The number of esters is 1. The maximum Gasteiger partial charge on any atom is 0.396 e. The van der Waals surface area contributed by atoms with Gasteiger partial charge in [0, 0.05) is 24.5 Å². The number of rotatable bonds is 4. The maximum atomic E-state index is 12.3. The highest BCUT2D eigenvalue weighted by Gasteiger charge is 2.16. The zero-order chi connectivity index (χ0) is 20.1. The number of carbonyl (C=O) groups excluding carboxylic acids is 3. The smallest absolute Gasteiger partial charge is 0.396 e. The van der Waals surface area contributed by atoms with Crippen LogP contribution in [0.1, 0.15) is 21.6 Å². The van der Waals surface area contributed by atoms with Crippen molar-refractivity contribution in [2.45, 2.75) is 6.92 Å². The molecule has 8 heteroatoms. The average Bonchev–Trinajstić information content (AvgIpc) is 2.64. The quantitative estimate of drug-likeness (QED) is 0.364. The molecule has 0 fully saturated rings. The third-order valence-electron chi connectivity index (χ3n) is 3.84. The second kappa shape index (κ2) is 8.13. The first-order chi connectivity index (χ1) is 12.7. The lowest BCUT2D eigenvalue weighted by Gasteiger charge is -2.07. The van der Waals surface area contributed by atoms with Crippen LogP contribution in [0.5, 0.6) is 5.75 Å². The van der Waals surface area contributed by atoms with Crippen molar-refractivity contribution in [3.05, 3.63) is 63.6 Å². The van der Waals surface area contributed by atoms with Crippen LogP contribution in [0, 0.1) is 6.92 Å². The number of aromatic hydroxyl groups is 1. The average molecular weight is 370 g/mol. The Morgan fingerprint density at radius 3 is 2.59 bits per heavy atom. The van der Waals surface area contributed by atoms with Crippen LogP contribution in [0.4, 0.5) is 5.69 Å². The fourth-order valence-corrected chi connectivity index (χ4v) is 2.29. The van der Waals surface area contributed by atoms with E-state index in [9.17, 15) is 24.3 Å². The molecule has 2 aromatic rings. The van der Waals surface area contributed by atoms with Crippen LogP contribution >= 0.6 is 0 Å². The van der Waals surface area contributed by atoms with Crippen LogP contribution in [0.2, 0.25) is 0 Å². The summed E-state index contributed by atoms with van der Waals surface area (Å²) in [6.45, 7) is 1.64. The van der Waals surface area contributed by atoms with E-state index in [0.29, 0.717) is 16.9 Å². The van der Waals surface area contributed by atoms with Crippen LogP contribution < -0.4 is 10.9 Å². The van der Waals surface area contributed by atoms with E-state index in [1.54, 1.807) is 25.1 Å². The number of ketones is 1. The number of benzene rings is 1. The molecule has 0 unspecified atom stereocenters. The number of allylic oxidation sites excluding steroid dienone is 1. The number of hydrogen-bond donors (Lipinski definition) is 2. The molecule has 0 spiro atoms. The van der Waals surface area contributed by atoms with Crippen molar-refractivity contribution < 1.29 is 24.2 Å². The van der Waals surface area contributed by atoms with Gasteiger partial charge in [0.2, 0.25) is 0 Å². The molecule has 140 valence electrons. The highest BCUT2D eigenvalue weighted by atomic mass is 16.5. The molecule has 0 saturated carbocycles. The number of aromatic nitrogens is 1. The monoisotopic (exact) mass is 370 g/mol. The van der Waals surface area contributed by atoms with Crippen molar-refractivity contribution in [2.75, 3.05) is 12.4 Å². The molecule has 0 aliphatic rings. The van der Waals surface area contributed by atoms with Crippen molar-refractivity contribution in [1.82, 2.24) is 4.57 Å². The van der Waals surface area contributed by atoms with E-state index >= 15 is 0 Å². The van der Waals surface area contributed by atoms with Gasteiger partial charge < -0.3 is 19.7 Å². The van der Waals surface area contributed by atoms with Gasteiger partial charge >= 0.3 is 11.9 Å². The van der Waals surface area contributed by atoms with Crippen molar-refractivity contribution in [2.24, 2.45) is 7.05 Å². The first-order valence-electron chi connectivity index (χ1n) is 7.86. The third-order valence-corrected chi connectivity index (χ3v) is 3.84. The molecule has 2 rings (SSSR count). The number of ether oxygens (including phenoxy) is 1. The second-order valence-corrected chi connectivity index (χ2v) is 5.68. The number of hydrogen-bond acceptors (Lipinski definition) is 6. The molecule has 0 saturated heterocycles. The molecule has 0 radical (unpaired) electrons. The van der Waals surface area contributed by atoms with Gasteiger partial charge in [0.1, 0.15) is 11.3 Å². The lowest BCUT2D eigenvalue weighted by atomic mass is 10.1. The van der Waals surface area contributed by atoms with Crippen LogP contribution in [0.25, 0.3) is 6.08 Å². The Balaban J connectivity index is 2.24. The molecule has 0 atom stereocenters. The highest BCUT2D eigenvalue weighted by molar-refractivity contribution is 6.37. The van der Waals surface area contributed by atoms with Crippen LogP contribution in [-0.2, 0) is 21.4 Å². The molecule has 8 nitrogen and oxygen atoms in total. The van der Waals surface area contributed by atoms with E-state index in [2.05, 4.69) is 10.1 Å². The number of aryl methyl sites for hydroxylation is 1. The Morgan fingerprint density at radius 2 is 1.93 bits per heavy atom. The molecular weight excluding hydrogens is 352 g/mol. The molecular formula is C19H18N2O6. The van der Waals surface area contributed by atoms with Crippen LogP contribution in [-0.4, -0.2) is 34.4 Å². The van der Waals surface area contributed by atoms with Gasteiger partial charge in [-0.3, -0.25) is 14.4 Å². The van der Waals surface area contributed by atoms with E-state index in [4.69, 9.17) is 0 Å². The van der Waals surface area contributed by atoms with Gasteiger partial charge in [0.25, 0.3) is 5.56 Å². The maximum absolute atomic E-state index is 12.3. The van der Waals surface area contributed by atoms with E-state index in [-0.39, 0.29) is 11.3 Å². The van der Waals surface area contributed by atoms with Crippen molar-refractivity contribution in [1.29, 1.82) is 0 Å². The van der Waals surface area contributed by atoms with Gasteiger partial charge in [-0.25, -0.2) is 4.79 Å². The van der Waals surface area contributed by atoms with E-state index in [0.717, 1.165) is 13.2 Å². The SMILES string of the molecule is COC(=O)C(=O)Nc1cccc(C=CC(=O)c2c(O)cc(C)n(C)c2=O)c1. The summed E-state index contributed by atoms with van der Waals surface area (Å²) in [4.78, 5) is 47.2. The first-order valence-corrected chi connectivity index (χ1v) is 7.86. The Kier molecular flexibility index (Phi) is 5.92. The third kappa shape index (κ3) is 4.49. The highest BCUT2D eigenvalue weighted by Crippen LogP contribution is 2.17. The Bertz CT molecular complexity index is 1000. The van der Waals surface area contributed by atoms with Gasteiger partial charge in [-0.15, -0.1) is 0 Å². The summed E-state index contributed by atoms with van der Waals surface area (Å²) in [5.74, 6) is -3.00. The number of amides is 1. The Morgan fingerprint density at radius 1 is 1.22 bits per heavy atom. The normalized spacial score (nSPS) is 10.6. The number of carbonyl (C=O) groups is 3. The van der Waals surface area contributed by atoms with E-state index < -0.39 is 23.2 Å². The molecule has 0 bridgehead atoms. The van der Waals surface area contributed by atoms with E-state index in [1.807, 2.05) is 0 Å². The lowest BCUT2D eigenvalue weighted by molar-refractivity contribution is -0.150. The molecule has 1 amide bonds. The van der Waals surface area contributed by atoms with Gasteiger partial charge in [-0.2, -0.15) is 0 Å². The molecule has 0 aliphatic carbocycles. The Hall–Kier alpha value is -3.68. The molecule has 1 aromatic heterocycles. The molecule has 27 heavy (non-hydrogen) atoms. The van der Waals surface area contributed by atoms with Crippen molar-refractivity contribution in [3.8, 4) is 5.75 Å². The minimum absolute atomic E-state index is 0.325. The zero-order valence-electron chi connectivity index (χ0n) is 15.0. The minimum Gasteiger partial charge on any atom is -0.507 e. The number of nitrogens with one attached hydrogen (secondary N) is 1. The predicted octanol–water partition coefficient (Wildman–Crippen LogP) is 1.41. The van der Waals surface area contributed by atoms with Gasteiger partial charge in [0.05, 0.1) is 7.11 Å². The summed E-state index contributed by atoms with van der Waals surface area (Å²) in [7, 11) is 2.60. The molecule has 1 aromatic carbocycles. The Labute approximate surface area is 154 Å².